The van der Waals surface area contributed by atoms with E-state index in [1.165, 1.54) is 61.2 Å². The average Bonchev–Trinajstić information content (AvgIpc) is 3.19. The molecular formula is C51H46N2. The molecule has 6 aromatic carbocycles. The molecule has 0 bridgehead atoms. The molecule has 0 heterocycles. The van der Waals surface area contributed by atoms with Gasteiger partial charge in [0.2, 0.25) is 0 Å². The zero-order valence-electron chi connectivity index (χ0n) is 30.8. The molecule has 2 atom stereocenters. The predicted octanol–water partition coefficient (Wildman–Crippen LogP) is 14.4. The largest absolute Gasteiger partial charge is 0.355 e. The second-order valence-electron chi connectivity index (χ2n) is 14.6. The van der Waals surface area contributed by atoms with Gasteiger partial charge in [-0.3, -0.25) is 0 Å². The summed E-state index contributed by atoms with van der Waals surface area (Å²) in [4.78, 5) is 0. The van der Waals surface area contributed by atoms with Crippen LogP contribution < -0.4 is 10.6 Å². The van der Waals surface area contributed by atoms with Gasteiger partial charge < -0.3 is 10.6 Å². The summed E-state index contributed by atoms with van der Waals surface area (Å²) in [5.41, 5.74) is 17.7. The molecular weight excluding hydrogens is 641 g/mol. The van der Waals surface area contributed by atoms with E-state index in [-0.39, 0.29) is 0 Å². The van der Waals surface area contributed by atoms with E-state index in [1.54, 1.807) is 0 Å². The van der Waals surface area contributed by atoms with Crippen LogP contribution in [0.5, 0.6) is 0 Å². The molecule has 53 heavy (non-hydrogen) atoms. The van der Waals surface area contributed by atoms with Gasteiger partial charge in [0.15, 0.2) is 0 Å². The van der Waals surface area contributed by atoms with Crippen LogP contribution in [-0.2, 0) is 0 Å². The third-order valence-electron chi connectivity index (χ3n) is 10.3. The number of aryl methyl sites for hydroxylation is 1. The summed E-state index contributed by atoms with van der Waals surface area (Å²) in [7, 11) is 0. The number of benzene rings is 6. The van der Waals surface area contributed by atoms with E-state index in [0.29, 0.717) is 11.8 Å². The molecule has 0 saturated carbocycles. The molecule has 1 unspecified atom stereocenters. The van der Waals surface area contributed by atoms with Crippen LogP contribution >= 0.6 is 0 Å². The topological polar surface area (TPSA) is 24.1 Å². The first-order valence-corrected chi connectivity index (χ1v) is 18.9. The fourth-order valence-electron chi connectivity index (χ4n) is 7.41. The second kappa shape index (κ2) is 15.2. The van der Waals surface area contributed by atoms with Gasteiger partial charge in [-0.15, -0.1) is 0 Å². The Bertz CT molecular complexity index is 2390. The van der Waals surface area contributed by atoms with Gasteiger partial charge in [-0.1, -0.05) is 147 Å². The van der Waals surface area contributed by atoms with Crippen LogP contribution in [0.4, 0.5) is 22.7 Å². The summed E-state index contributed by atoms with van der Waals surface area (Å²) in [5, 5.41) is 7.58. The summed E-state index contributed by atoms with van der Waals surface area (Å²) >= 11 is 0. The van der Waals surface area contributed by atoms with Crippen LogP contribution in [0.1, 0.15) is 43.4 Å². The number of anilines is 4. The normalized spacial score (nSPS) is 16.5. The summed E-state index contributed by atoms with van der Waals surface area (Å²) < 4.78 is 0. The van der Waals surface area contributed by atoms with Crippen molar-refractivity contribution in [1.82, 2.24) is 0 Å². The molecule has 2 N–H and O–H groups in total. The van der Waals surface area contributed by atoms with Crippen molar-refractivity contribution in [3.63, 3.8) is 0 Å². The first-order valence-electron chi connectivity index (χ1n) is 18.9. The fourth-order valence-corrected chi connectivity index (χ4v) is 7.41. The van der Waals surface area contributed by atoms with Crippen LogP contribution in [0.15, 0.2) is 176 Å². The third kappa shape index (κ3) is 7.88. The molecule has 6 aromatic rings. The number of rotatable bonds is 9. The zero-order chi connectivity index (χ0) is 36.1. The molecule has 2 aliphatic carbocycles. The Kier molecular flexibility index (Phi) is 9.77. The molecule has 2 heteroatoms. The van der Waals surface area contributed by atoms with Crippen molar-refractivity contribution < 1.29 is 0 Å². The summed E-state index contributed by atoms with van der Waals surface area (Å²) in [6.07, 6.45) is 16.1. The first kappa shape index (κ1) is 34.0. The van der Waals surface area contributed by atoms with E-state index in [9.17, 15) is 0 Å². The maximum Gasteiger partial charge on any atom is 0.0464 e. The van der Waals surface area contributed by atoms with Gasteiger partial charge in [-0.25, -0.2) is 0 Å². The first-order chi connectivity index (χ1) is 25.9. The van der Waals surface area contributed by atoms with E-state index in [1.807, 2.05) is 0 Å². The van der Waals surface area contributed by atoms with Gasteiger partial charge in [0.05, 0.1) is 0 Å². The minimum Gasteiger partial charge on any atom is -0.355 e. The summed E-state index contributed by atoms with van der Waals surface area (Å²) in [6, 6.07) is 50.5. The minimum absolute atomic E-state index is 0.485. The highest BCUT2D eigenvalue weighted by Gasteiger charge is 2.15. The molecule has 2 nitrogen and oxygen atoms in total. The maximum atomic E-state index is 3.80. The average molecular weight is 687 g/mol. The van der Waals surface area contributed by atoms with Crippen molar-refractivity contribution in [2.75, 3.05) is 10.6 Å². The zero-order valence-corrected chi connectivity index (χ0v) is 30.8. The summed E-state index contributed by atoms with van der Waals surface area (Å²) in [5.74, 6) is 1.08. The number of hydrogen-bond acceptors (Lipinski definition) is 2. The highest BCUT2D eigenvalue weighted by Crippen LogP contribution is 2.39. The van der Waals surface area contributed by atoms with Crippen molar-refractivity contribution in [3.8, 4) is 33.4 Å². The molecule has 2 aliphatic rings. The van der Waals surface area contributed by atoms with E-state index in [0.717, 1.165) is 35.6 Å². The van der Waals surface area contributed by atoms with E-state index in [2.05, 4.69) is 207 Å². The van der Waals surface area contributed by atoms with Gasteiger partial charge in [-0.05, 0) is 125 Å². The van der Waals surface area contributed by atoms with Gasteiger partial charge in [0.1, 0.15) is 0 Å². The van der Waals surface area contributed by atoms with Crippen LogP contribution in [-0.4, -0.2) is 0 Å². The maximum absolute atomic E-state index is 3.80. The third-order valence-corrected chi connectivity index (χ3v) is 10.3. The van der Waals surface area contributed by atoms with Crippen LogP contribution in [0.25, 0.3) is 44.5 Å². The Morgan fingerprint density at radius 3 is 1.75 bits per heavy atom. The molecule has 260 valence electrons. The quantitative estimate of drug-likeness (QED) is 0.158. The second-order valence-corrected chi connectivity index (χ2v) is 14.6. The van der Waals surface area contributed by atoms with Gasteiger partial charge in [-0.2, -0.15) is 0 Å². The number of hydrogen-bond donors (Lipinski definition) is 2. The van der Waals surface area contributed by atoms with Crippen molar-refractivity contribution >= 4 is 33.9 Å². The lowest BCUT2D eigenvalue weighted by Crippen LogP contribution is -2.00. The van der Waals surface area contributed by atoms with Gasteiger partial charge in [0.25, 0.3) is 0 Å². The van der Waals surface area contributed by atoms with Crippen molar-refractivity contribution in [2.24, 2.45) is 11.8 Å². The molecule has 0 aromatic heterocycles. The minimum atomic E-state index is 0.485. The molecule has 0 fully saturated rings. The highest BCUT2D eigenvalue weighted by molar-refractivity contribution is 5.90. The van der Waals surface area contributed by atoms with Gasteiger partial charge in [0, 0.05) is 33.9 Å². The molecule has 8 rings (SSSR count). The Morgan fingerprint density at radius 1 is 0.472 bits per heavy atom. The lowest BCUT2D eigenvalue weighted by molar-refractivity contribution is 0.739. The Labute approximate surface area is 315 Å². The van der Waals surface area contributed by atoms with Crippen LogP contribution in [0.2, 0.25) is 0 Å². The van der Waals surface area contributed by atoms with Crippen LogP contribution in [0.3, 0.4) is 0 Å². The summed E-state index contributed by atoms with van der Waals surface area (Å²) in [6.45, 7) is 6.70. The SMILES string of the molecule is Cc1cccc(-c2cccc(Nc3ccc(-c4ccc(Nc5cccc(C6=CCC(C)C=C6)c5)c(-c5ccccc5)c4)cc3C3=C[C@@H](C)CC=C3)c2)c1. The van der Waals surface area contributed by atoms with Crippen LogP contribution in [0, 0.1) is 18.8 Å². The van der Waals surface area contributed by atoms with E-state index < -0.39 is 0 Å². The fraction of sp³-hybridized carbons (Fsp3) is 0.137. The highest BCUT2D eigenvalue weighted by atomic mass is 14.9. The Hall–Kier alpha value is -6.12. The standard InChI is InChI=1S/C51H46N2/c1-35-21-23-38(24-22-35)41-16-9-19-46(31-41)52-50-27-25-43(33-48(50)39-13-5-4-6-14-39)44-26-28-51(49(34-44)45-18-8-12-37(3)30-45)53-47-20-10-17-42(32-47)40-15-7-11-36(2)29-40/h4-11,13-21,23-35,37,52-53H,12,22H2,1-3H3/t35?,37-/m0/s1. The Balaban J connectivity index is 1.15. The molecule has 0 spiro atoms. The van der Waals surface area contributed by atoms with E-state index >= 15 is 0 Å². The van der Waals surface area contributed by atoms with Crippen molar-refractivity contribution in [3.05, 3.63) is 193 Å². The predicted molar refractivity (Wildman–Crippen MR) is 229 cm³/mol. The smallest absolute Gasteiger partial charge is 0.0464 e. The lowest BCUT2D eigenvalue weighted by atomic mass is 9.90. The number of allylic oxidation sites excluding steroid dienone is 8. The molecule has 0 radical (unpaired) electrons. The molecule has 0 saturated heterocycles. The number of nitrogens with one attached hydrogen (secondary N) is 2. The van der Waals surface area contributed by atoms with E-state index in [4.69, 9.17) is 0 Å². The molecule has 0 amide bonds. The lowest BCUT2D eigenvalue weighted by Gasteiger charge is -2.20. The monoisotopic (exact) mass is 686 g/mol. The van der Waals surface area contributed by atoms with Gasteiger partial charge >= 0.3 is 0 Å². The molecule has 0 aliphatic heterocycles. The van der Waals surface area contributed by atoms with Crippen molar-refractivity contribution in [2.45, 2.75) is 33.6 Å². The van der Waals surface area contributed by atoms with Crippen molar-refractivity contribution in [1.29, 1.82) is 0 Å². The Morgan fingerprint density at radius 2 is 1.08 bits per heavy atom.